The summed E-state index contributed by atoms with van der Waals surface area (Å²) in [4.78, 5) is 26.2. The lowest BCUT2D eigenvalue weighted by Crippen LogP contribution is -2.36. The molecule has 1 heterocycles. The first kappa shape index (κ1) is 19.0. The zero-order valence-electron chi connectivity index (χ0n) is 16.4. The Morgan fingerprint density at radius 1 is 0.933 bits per heavy atom. The van der Waals surface area contributed by atoms with Gasteiger partial charge in [-0.25, -0.2) is 0 Å². The first-order valence-corrected chi connectivity index (χ1v) is 10.5. The van der Waals surface area contributed by atoms with Gasteiger partial charge >= 0.3 is 0 Å². The highest BCUT2D eigenvalue weighted by atomic mass is 127. The fourth-order valence-corrected chi connectivity index (χ4v) is 5.09. The monoisotopic (exact) mass is 512 g/mol. The largest absolute Gasteiger partial charge is 0.493 e. The molecule has 0 saturated carbocycles. The summed E-state index contributed by atoms with van der Waals surface area (Å²) in [5.74, 6) is 0.359. The van der Waals surface area contributed by atoms with Gasteiger partial charge in [0.05, 0.1) is 35.1 Å². The maximum absolute atomic E-state index is 13.1. The molecule has 1 aliphatic heterocycles. The van der Waals surface area contributed by atoms with Crippen LogP contribution in [-0.4, -0.2) is 37.3 Å². The summed E-state index contributed by atoms with van der Waals surface area (Å²) in [5.41, 5.74) is 4.13. The molecule has 0 N–H and O–H groups in total. The zero-order chi connectivity index (χ0) is 21.0. The molecule has 2 aliphatic rings. The van der Waals surface area contributed by atoms with Crippen molar-refractivity contribution in [2.75, 3.05) is 14.2 Å². The van der Waals surface area contributed by atoms with Gasteiger partial charge in [0.2, 0.25) is 0 Å². The van der Waals surface area contributed by atoms with Crippen LogP contribution in [0.25, 0.3) is 10.8 Å². The van der Waals surface area contributed by atoms with Crippen LogP contribution in [0.5, 0.6) is 11.5 Å². The molecule has 5 rings (SSSR count). The number of amides is 2. The summed E-state index contributed by atoms with van der Waals surface area (Å²) in [6.07, 6.45) is 3.37. The van der Waals surface area contributed by atoms with Crippen LogP contribution < -0.4 is 9.47 Å². The maximum atomic E-state index is 13.1. The molecule has 7 heteroatoms. The minimum atomic E-state index is -0.408. The van der Waals surface area contributed by atoms with Crippen molar-refractivity contribution < 1.29 is 19.1 Å². The third kappa shape index (κ3) is 2.72. The van der Waals surface area contributed by atoms with E-state index < -0.39 is 11.8 Å². The van der Waals surface area contributed by atoms with E-state index in [0.29, 0.717) is 28.2 Å². The fourth-order valence-electron chi connectivity index (χ4n) is 4.25. The second kappa shape index (κ2) is 7.09. The smallest absolute Gasteiger partial charge is 0.282 e. The lowest BCUT2D eigenvalue weighted by atomic mass is 9.92. The molecular formula is C23H17IN2O4. The van der Waals surface area contributed by atoms with E-state index in [1.807, 2.05) is 30.3 Å². The Kier molecular flexibility index (Phi) is 4.50. The molecule has 0 aromatic heterocycles. The predicted octanol–water partition coefficient (Wildman–Crippen LogP) is 4.19. The van der Waals surface area contributed by atoms with Crippen LogP contribution in [0, 0.1) is 3.57 Å². The van der Waals surface area contributed by atoms with E-state index in [4.69, 9.17) is 9.47 Å². The van der Waals surface area contributed by atoms with E-state index in [0.717, 1.165) is 32.2 Å². The van der Waals surface area contributed by atoms with Crippen LogP contribution in [0.2, 0.25) is 0 Å². The Labute approximate surface area is 186 Å². The van der Waals surface area contributed by atoms with Crippen molar-refractivity contribution in [1.29, 1.82) is 0 Å². The fraction of sp³-hybridized carbons (Fsp3) is 0.174. The summed E-state index contributed by atoms with van der Waals surface area (Å²) in [6.45, 7) is 0. The molecule has 0 radical (unpaired) electrons. The third-order valence-electron chi connectivity index (χ3n) is 5.62. The Morgan fingerprint density at radius 3 is 2.13 bits per heavy atom. The molecular weight excluding hydrogens is 495 g/mol. The molecule has 150 valence electrons. The summed E-state index contributed by atoms with van der Waals surface area (Å²) >= 11 is 2.14. The molecule has 0 bridgehead atoms. The van der Waals surface area contributed by atoms with Crippen LogP contribution in [0.15, 0.2) is 41.5 Å². The van der Waals surface area contributed by atoms with Crippen molar-refractivity contribution in [2.24, 2.45) is 5.10 Å². The van der Waals surface area contributed by atoms with E-state index in [1.165, 1.54) is 17.3 Å². The molecule has 1 aliphatic carbocycles. The first-order valence-electron chi connectivity index (χ1n) is 9.45. The van der Waals surface area contributed by atoms with Gasteiger partial charge in [0.15, 0.2) is 11.5 Å². The van der Waals surface area contributed by atoms with Crippen LogP contribution in [0.1, 0.15) is 37.4 Å². The average molecular weight is 512 g/mol. The van der Waals surface area contributed by atoms with Gasteiger partial charge < -0.3 is 9.47 Å². The summed E-state index contributed by atoms with van der Waals surface area (Å²) < 4.78 is 11.6. The van der Waals surface area contributed by atoms with Crippen LogP contribution in [0.3, 0.4) is 0 Å². The van der Waals surface area contributed by atoms with Gasteiger partial charge in [-0.3, -0.25) is 9.59 Å². The summed E-state index contributed by atoms with van der Waals surface area (Å²) in [6, 6.07) is 11.2. The predicted molar refractivity (Wildman–Crippen MR) is 122 cm³/mol. The van der Waals surface area contributed by atoms with Gasteiger partial charge in [-0.05, 0) is 81.8 Å². The third-order valence-corrected chi connectivity index (χ3v) is 6.42. The number of carbonyl (C=O) groups excluding carboxylic acids is 2. The van der Waals surface area contributed by atoms with Crippen LogP contribution in [-0.2, 0) is 12.8 Å². The van der Waals surface area contributed by atoms with Gasteiger partial charge in [0, 0.05) is 5.39 Å². The number of carbonyl (C=O) groups is 2. The van der Waals surface area contributed by atoms with E-state index in [-0.39, 0.29) is 0 Å². The van der Waals surface area contributed by atoms with Crippen molar-refractivity contribution in [2.45, 2.75) is 12.8 Å². The lowest BCUT2D eigenvalue weighted by molar-refractivity contribution is 0.0616. The molecule has 0 unspecified atom stereocenters. The Balaban J connectivity index is 1.57. The van der Waals surface area contributed by atoms with Gasteiger partial charge in [0.1, 0.15) is 0 Å². The van der Waals surface area contributed by atoms with Crippen LogP contribution >= 0.6 is 22.6 Å². The zero-order valence-corrected chi connectivity index (χ0v) is 18.5. The van der Waals surface area contributed by atoms with E-state index in [9.17, 15) is 9.59 Å². The number of hydrazone groups is 1. The standard InChI is InChI=1S/C23H17IN2O4/c1-29-18-10-12(9-17(24)21(18)30-2)11-25-26-22(27)15-7-5-13-3-4-14-6-8-16(23(26)28)20(15)19(13)14/h5-11H,3-4H2,1-2H3. The normalized spacial score (nSPS) is 14.8. The number of imide groups is 1. The topological polar surface area (TPSA) is 68.2 Å². The highest BCUT2D eigenvalue weighted by Gasteiger charge is 2.35. The molecule has 2 amide bonds. The SMILES string of the molecule is COc1cc(C=NN2C(=O)c3ccc4c5c(ccc(c35)C2=O)CC4)cc(I)c1OC. The number of methoxy groups -OCH3 is 2. The Bertz CT molecular complexity index is 1220. The lowest BCUT2D eigenvalue weighted by Gasteiger charge is -2.23. The molecule has 3 aromatic carbocycles. The van der Waals surface area contributed by atoms with Crippen molar-refractivity contribution in [3.05, 3.63) is 67.8 Å². The average Bonchev–Trinajstić information content (AvgIpc) is 3.17. The number of halogens is 1. The molecule has 0 atom stereocenters. The summed E-state index contributed by atoms with van der Waals surface area (Å²) in [5, 5.41) is 7.01. The molecule has 0 saturated heterocycles. The van der Waals surface area contributed by atoms with Crippen molar-refractivity contribution in [3.63, 3.8) is 0 Å². The second-order valence-electron chi connectivity index (χ2n) is 7.20. The molecule has 3 aromatic rings. The van der Waals surface area contributed by atoms with E-state index >= 15 is 0 Å². The van der Waals surface area contributed by atoms with Crippen molar-refractivity contribution in [1.82, 2.24) is 5.01 Å². The Morgan fingerprint density at radius 2 is 1.57 bits per heavy atom. The maximum Gasteiger partial charge on any atom is 0.282 e. The first-order chi connectivity index (χ1) is 14.5. The van der Waals surface area contributed by atoms with E-state index in [1.54, 1.807) is 20.3 Å². The van der Waals surface area contributed by atoms with Gasteiger partial charge in [0.25, 0.3) is 11.8 Å². The molecule has 30 heavy (non-hydrogen) atoms. The van der Waals surface area contributed by atoms with Gasteiger partial charge in [-0.1, -0.05) is 12.1 Å². The molecule has 0 spiro atoms. The highest BCUT2D eigenvalue weighted by Crippen LogP contribution is 2.38. The molecule has 6 nitrogen and oxygen atoms in total. The number of nitrogens with zero attached hydrogens (tertiary/aromatic N) is 2. The second-order valence-corrected chi connectivity index (χ2v) is 8.36. The summed E-state index contributed by atoms with van der Waals surface area (Å²) in [7, 11) is 3.13. The quantitative estimate of drug-likeness (QED) is 0.299. The number of hydrogen-bond acceptors (Lipinski definition) is 5. The number of benzene rings is 3. The highest BCUT2D eigenvalue weighted by molar-refractivity contribution is 14.1. The number of hydrogen-bond donors (Lipinski definition) is 0. The number of rotatable bonds is 4. The van der Waals surface area contributed by atoms with Crippen molar-refractivity contribution in [3.8, 4) is 11.5 Å². The molecule has 0 fully saturated rings. The minimum Gasteiger partial charge on any atom is -0.493 e. The van der Waals surface area contributed by atoms with Gasteiger partial charge in [-0.2, -0.15) is 10.1 Å². The van der Waals surface area contributed by atoms with E-state index in [2.05, 4.69) is 27.7 Å². The Hall–Kier alpha value is -2.94. The van der Waals surface area contributed by atoms with Gasteiger partial charge in [-0.15, -0.1) is 0 Å². The van der Waals surface area contributed by atoms with Crippen LogP contribution in [0.4, 0.5) is 0 Å². The minimum absolute atomic E-state index is 0.408. The van der Waals surface area contributed by atoms with Crippen molar-refractivity contribution >= 4 is 51.4 Å². The number of aryl methyl sites for hydroxylation is 2. The number of ether oxygens (including phenoxy) is 2.